The Morgan fingerprint density at radius 1 is 1.88 bits per heavy atom. The molecule has 1 unspecified atom stereocenters. The standard InChI is InChI=1S/C4H8O2S2/c1-3-5-4(7-2)6-8-4/h3H2,1-2H3. The molecule has 48 valence electrons. The Bertz CT molecular complexity index is 82.1. The molecule has 1 aliphatic rings. The fraction of sp³-hybridized carbons (Fsp3) is 1.00. The van der Waals surface area contributed by atoms with Gasteiger partial charge in [0, 0.05) is 6.61 Å². The highest BCUT2D eigenvalue weighted by atomic mass is 32.2. The van der Waals surface area contributed by atoms with Crippen LogP contribution in [0.1, 0.15) is 6.92 Å². The third kappa shape index (κ3) is 1.31. The Morgan fingerprint density at radius 2 is 2.50 bits per heavy atom. The monoisotopic (exact) mass is 152 g/mol. The largest absolute Gasteiger partial charge is 0.331 e. The maximum absolute atomic E-state index is 5.19. The van der Waals surface area contributed by atoms with Crippen LogP contribution < -0.4 is 0 Å². The highest BCUT2D eigenvalue weighted by Crippen LogP contribution is 2.55. The molecule has 8 heavy (non-hydrogen) atoms. The van der Waals surface area contributed by atoms with Gasteiger partial charge in [0.15, 0.2) is 0 Å². The van der Waals surface area contributed by atoms with Gasteiger partial charge < -0.3 is 4.74 Å². The van der Waals surface area contributed by atoms with Crippen molar-refractivity contribution in [2.24, 2.45) is 0 Å². The number of hydrogen-bond donors (Lipinski definition) is 0. The zero-order valence-electron chi connectivity index (χ0n) is 4.84. The third-order valence-corrected chi connectivity index (χ3v) is 2.87. The summed E-state index contributed by atoms with van der Waals surface area (Å²) in [5.41, 5.74) is 0. The van der Waals surface area contributed by atoms with E-state index in [0.29, 0.717) is 6.61 Å². The van der Waals surface area contributed by atoms with Crippen LogP contribution in [-0.4, -0.2) is 17.3 Å². The van der Waals surface area contributed by atoms with Gasteiger partial charge in [0.25, 0.3) is 0 Å². The van der Waals surface area contributed by atoms with E-state index in [1.165, 1.54) is 12.0 Å². The first-order chi connectivity index (χ1) is 3.83. The second-order valence-electron chi connectivity index (χ2n) is 1.30. The molecule has 0 amide bonds. The molecule has 0 radical (unpaired) electrons. The van der Waals surface area contributed by atoms with Crippen LogP contribution in [0.4, 0.5) is 0 Å². The average molecular weight is 152 g/mol. The lowest BCUT2D eigenvalue weighted by molar-refractivity contribution is 0.0329. The van der Waals surface area contributed by atoms with E-state index < -0.39 is 0 Å². The topological polar surface area (TPSA) is 21.8 Å². The molecule has 2 nitrogen and oxygen atoms in total. The number of rotatable bonds is 3. The highest BCUT2D eigenvalue weighted by Gasteiger charge is 2.48. The van der Waals surface area contributed by atoms with Crippen LogP contribution in [0.25, 0.3) is 0 Å². The minimum Gasteiger partial charge on any atom is -0.331 e. The van der Waals surface area contributed by atoms with Crippen LogP contribution in [0.5, 0.6) is 0 Å². The lowest BCUT2D eigenvalue weighted by atomic mass is 10.9. The molecule has 0 aromatic heterocycles. The van der Waals surface area contributed by atoms with E-state index in [9.17, 15) is 0 Å². The summed E-state index contributed by atoms with van der Waals surface area (Å²) in [4.78, 5) is 0. The first-order valence-corrected chi connectivity index (χ1v) is 4.35. The van der Waals surface area contributed by atoms with Crippen molar-refractivity contribution >= 4 is 23.8 Å². The molecule has 0 aromatic rings. The molecule has 1 aliphatic heterocycles. The highest BCUT2D eigenvalue weighted by molar-refractivity contribution is 8.20. The number of thioether (sulfide) groups is 1. The van der Waals surface area contributed by atoms with Crippen LogP contribution in [0.15, 0.2) is 0 Å². The Morgan fingerprint density at radius 3 is 2.62 bits per heavy atom. The van der Waals surface area contributed by atoms with E-state index in [0.717, 1.165) is 0 Å². The molecule has 0 spiro atoms. The predicted octanol–water partition coefficient (Wildman–Crippen LogP) is 1.68. The van der Waals surface area contributed by atoms with Gasteiger partial charge in [0.1, 0.15) is 0 Å². The van der Waals surface area contributed by atoms with Crippen LogP contribution in [0.3, 0.4) is 0 Å². The normalized spacial score (nSPS) is 35.2. The molecule has 0 N–H and O–H groups in total. The summed E-state index contributed by atoms with van der Waals surface area (Å²) >= 11 is 2.96. The van der Waals surface area contributed by atoms with Gasteiger partial charge in [-0.1, -0.05) is 11.8 Å². The van der Waals surface area contributed by atoms with E-state index in [4.69, 9.17) is 8.92 Å². The summed E-state index contributed by atoms with van der Waals surface area (Å²) < 4.78 is 9.81. The predicted molar refractivity (Wildman–Crippen MR) is 36.5 cm³/mol. The van der Waals surface area contributed by atoms with Crippen molar-refractivity contribution in [3.05, 3.63) is 0 Å². The first-order valence-electron chi connectivity index (χ1n) is 2.39. The van der Waals surface area contributed by atoms with Crippen LogP contribution in [0.2, 0.25) is 0 Å². The minimum absolute atomic E-state index is 0.325. The first kappa shape index (κ1) is 6.74. The second-order valence-corrected chi connectivity index (χ2v) is 3.38. The van der Waals surface area contributed by atoms with Crippen molar-refractivity contribution in [3.63, 3.8) is 0 Å². The molecule has 0 bridgehead atoms. The molecule has 1 atom stereocenters. The molecule has 4 heteroatoms. The molecule has 1 fully saturated rings. The van der Waals surface area contributed by atoms with Gasteiger partial charge in [0.05, 0.1) is 12.0 Å². The molecular weight excluding hydrogens is 144 g/mol. The quantitative estimate of drug-likeness (QED) is 0.348. The molecule has 1 rings (SSSR count). The Hall–Kier alpha value is 0.620. The number of hydrogen-bond acceptors (Lipinski definition) is 4. The van der Waals surface area contributed by atoms with Crippen molar-refractivity contribution in [2.75, 3.05) is 12.9 Å². The van der Waals surface area contributed by atoms with E-state index in [-0.39, 0.29) is 4.45 Å². The molecule has 1 saturated heterocycles. The van der Waals surface area contributed by atoms with Gasteiger partial charge in [-0.05, 0) is 13.2 Å². The van der Waals surface area contributed by atoms with Crippen molar-refractivity contribution in [3.8, 4) is 0 Å². The van der Waals surface area contributed by atoms with Gasteiger partial charge in [-0.2, -0.15) is 0 Å². The maximum Gasteiger partial charge on any atom is 0.306 e. The van der Waals surface area contributed by atoms with Crippen LogP contribution in [0, 0.1) is 0 Å². The van der Waals surface area contributed by atoms with E-state index in [2.05, 4.69) is 0 Å². The van der Waals surface area contributed by atoms with Crippen molar-refractivity contribution in [2.45, 2.75) is 11.4 Å². The fourth-order valence-electron chi connectivity index (χ4n) is 0.386. The van der Waals surface area contributed by atoms with E-state index in [1.54, 1.807) is 11.8 Å². The second kappa shape index (κ2) is 2.47. The van der Waals surface area contributed by atoms with Gasteiger partial charge in [-0.25, -0.2) is 0 Å². The number of ether oxygens (including phenoxy) is 1. The summed E-state index contributed by atoms with van der Waals surface area (Å²) in [6.07, 6.45) is 1.97. The zero-order chi connectivity index (χ0) is 6.04. The van der Waals surface area contributed by atoms with Gasteiger partial charge >= 0.3 is 4.45 Å². The van der Waals surface area contributed by atoms with Gasteiger partial charge in [-0.15, -0.1) is 0 Å². The Kier molecular flexibility index (Phi) is 2.08. The third-order valence-electron chi connectivity index (χ3n) is 0.791. The summed E-state index contributed by atoms with van der Waals surface area (Å²) in [6.45, 7) is 2.67. The van der Waals surface area contributed by atoms with Gasteiger partial charge in [0.2, 0.25) is 0 Å². The molecule has 0 aromatic carbocycles. The van der Waals surface area contributed by atoms with E-state index in [1.807, 2.05) is 13.2 Å². The van der Waals surface area contributed by atoms with Gasteiger partial charge in [-0.3, -0.25) is 4.18 Å². The Labute approximate surface area is 57.5 Å². The minimum atomic E-state index is -0.325. The summed E-state index contributed by atoms with van der Waals surface area (Å²) in [7, 11) is 0. The SMILES string of the molecule is CCOC1(SC)OS1. The van der Waals surface area contributed by atoms with Crippen LogP contribution >= 0.6 is 23.8 Å². The van der Waals surface area contributed by atoms with Crippen LogP contribution in [-0.2, 0) is 8.92 Å². The average Bonchev–Trinajstić information content (AvgIpc) is 2.50. The van der Waals surface area contributed by atoms with Crippen molar-refractivity contribution < 1.29 is 8.92 Å². The fourth-order valence-corrected chi connectivity index (χ4v) is 1.55. The maximum atomic E-state index is 5.19. The summed E-state index contributed by atoms with van der Waals surface area (Å²) in [5.74, 6) is 0. The summed E-state index contributed by atoms with van der Waals surface area (Å²) in [5, 5.41) is 0. The smallest absolute Gasteiger partial charge is 0.306 e. The van der Waals surface area contributed by atoms with Crippen molar-refractivity contribution in [1.82, 2.24) is 0 Å². The molecule has 0 saturated carbocycles. The Balaban J connectivity index is 2.20. The van der Waals surface area contributed by atoms with E-state index >= 15 is 0 Å². The zero-order valence-corrected chi connectivity index (χ0v) is 6.47. The summed E-state index contributed by atoms with van der Waals surface area (Å²) in [6, 6.07) is 0. The molecular formula is C4H8O2S2. The lowest BCUT2D eigenvalue weighted by Gasteiger charge is -2.02. The molecule has 0 aliphatic carbocycles. The molecule has 1 heterocycles. The van der Waals surface area contributed by atoms with Crippen molar-refractivity contribution in [1.29, 1.82) is 0 Å². The lowest BCUT2D eigenvalue weighted by Crippen LogP contribution is -2.06.